The predicted molar refractivity (Wildman–Crippen MR) is 58.7 cm³/mol. The van der Waals surface area contributed by atoms with Gasteiger partial charge in [0.15, 0.2) is 0 Å². The highest BCUT2D eigenvalue weighted by molar-refractivity contribution is 5.90. The molecule has 1 aliphatic rings. The van der Waals surface area contributed by atoms with Crippen LogP contribution in [0.25, 0.3) is 11.0 Å². The van der Waals surface area contributed by atoms with Crippen molar-refractivity contribution in [1.29, 1.82) is 0 Å². The smallest absolute Gasteiger partial charge is 0.356 e. The molecule has 6 heteroatoms. The zero-order chi connectivity index (χ0) is 11.8. The first-order valence-corrected chi connectivity index (χ1v) is 5.30. The van der Waals surface area contributed by atoms with Gasteiger partial charge in [-0.25, -0.2) is 9.78 Å². The van der Waals surface area contributed by atoms with Crippen LogP contribution in [0.5, 0.6) is 0 Å². The largest absolute Gasteiger partial charge is 0.464 e. The van der Waals surface area contributed by atoms with Gasteiger partial charge in [-0.05, 0) is 12.1 Å². The molecule has 88 valence electrons. The van der Waals surface area contributed by atoms with Crippen molar-refractivity contribution in [2.75, 3.05) is 20.3 Å². The van der Waals surface area contributed by atoms with Gasteiger partial charge in [-0.2, -0.15) is 5.10 Å². The molecule has 0 radical (unpaired) electrons. The average Bonchev–Trinajstić information content (AvgIpc) is 2.67. The number of aromatic nitrogens is 3. The first kappa shape index (κ1) is 10.2. The topological polar surface area (TPSA) is 66.2 Å². The van der Waals surface area contributed by atoms with Gasteiger partial charge in [0.25, 0.3) is 0 Å². The first-order chi connectivity index (χ1) is 8.28. The summed E-state index contributed by atoms with van der Waals surface area (Å²) in [6.45, 7) is 1.36. The second-order valence-corrected chi connectivity index (χ2v) is 3.89. The molecule has 0 aliphatic carbocycles. The molecule has 1 aliphatic heterocycles. The van der Waals surface area contributed by atoms with Crippen molar-refractivity contribution in [2.45, 2.75) is 6.04 Å². The number of nitrogens with zero attached hydrogens (tertiary/aromatic N) is 3. The number of ether oxygens (including phenoxy) is 2. The van der Waals surface area contributed by atoms with Crippen molar-refractivity contribution in [3.63, 3.8) is 0 Å². The molecule has 1 fully saturated rings. The monoisotopic (exact) mass is 233 g/mol. The molecule has 17 heavy (non-hydrogen) atoms. The van der Waals surface area contributed by atoms with Crippen molar-refractivity contribution in [3.8, 4) is 0 Å². The summed E-state index contributed by atoms with van der Waals surface area (Å²) >= 11 is 0. The lowest BCUT2D eigenvalue weighted by molar-refractivity contribution is -0.0283. The molecular weight excluding hydrogens is 222 g/mol. The van der Waals surface area contributed by atoms with Crippen LogP contribution in [0, 0.1) is 0 Å². The number of carbonyl (C=O) groups is 1. The maximum Gasteiger partial charge on any atom is 0.356 e. The van der Waals surface area contributed by atoms with Crippen molar-refractivity contribution in [1.82, 2.24) is 14.8 Å². The first-order valence-electron chi connectivity index (χ1n) is 5.30. The number of pyridine rings is 1. The SMILES string of the molecule is COC(=O)c1ccc2nn(C3COC3)cc2n1. The van der Waals surface area contributed by atoms with E-state index < -0.39 is 5.97 Å². The number of hydrogen-bond acceptors (Lipinski definition) is 5. The average molecular weight is 233 g/mol. The van der Waals surface area contributed by atoms with E-state index in [0.717, 1.165) is 5.52 Å². The van der Waals surface area contributed by atoms with E-state index in [1.165, 1.54) is 7.11 Å². The van der Waals surface area contributed by atoms with E-state index in [2.05, 4.69) is 14.8 Å². The van der Waals surface area contributed by atoms with E-state index in [9.17, 15) is 4.79 Å². The summed E-state index contributed by atoms with van der Waals surface area (Å²) in [5.41, 5.74) is 1.76. The Balaban J connectivity index is 2.00. The normalized spacial score (nSPS) is 15.8. The number of hydrogen-bond donors (Lipinski definition) is 0. The quantitative estimate of drug-likeness (QED) is 0.717. The number of methoxy groups -OCH3 is 1. The standard InChI is InChI=1S/C11H11N3O3/c1-16-11(15)9-3-2-8-10(12-9)4-14(13-8)7-5-17-6-7/h2-4,7H,5-6H2,1H3. The number of esters is 1. The maximum absolute atomic E-state index is 11.3. The van der Waals surface area contributed by atoms with Gasteiger partial charge in [0.1, 0.15) is 16.7 Å². The Bertz CT molecular complexity index is 574. The summed E-state index contributed by atoms with van der Waals surface area (Å²) in [5, 5.41) is 4.38. The van der Waals surface area contributed by atoms with Crippen LogP contribution in [0.2, 0.25) is 0 Å². The van der Waals surface area contributed by atoms with E-state index in [-0.39, 0.29) is 6.04 Å². The molecule has 0 amide bonds. The van der Waals surface area contributed by atoms with Crippen LogP contribution in [-0.2, 0) is 9.47 Å². The van der Waals surface area contributed by atoms with Crippen LogP contribution < -0.4 is 0 Å². The highest BCUT2D eigenvalue weighted by Crippen LogP contribution is 2.19. The minimum absolute atomic E-state index is 0.283. The summed E-state index contributed by atoms with van der Waals surface area (Å²) in [5.74, 6) is -0.438. The Morgan fingerprint density at radius 2 is 2.29 bits per heavy atom. The van der Waals surface area contributed by atoms with Crippen LogP contribution in [0.3, 0.4) is 0 Å². The Morgan fingerprint density at radius 3 is 2.94 bits per heavy atom. The van der Waals surface area contributed by atoms with Gasteiger partial charge >= 0.3 is 5.97 Å². The molecule has 1 saturated heterocycles. The third-order valence-electron chi connectivity index (χ3n) is 2.77. The molecule has 2 aromatic rings. The fourth-order valence-corrected chi connectivity index (χ4v) is 1.71. The number of fused-ring (bicyclic) bond motifs is 1. The van der Waals surface area contributed by atoms with Gasteiger partial charge in [0.2, 0.25) is 0 Å². The minimum atomic E-state index is -0.438. The lowest BCUT2D eigenvalue weighted by atomic mass is 10.3. The maximum atomic E-state index is 11.3. The second kappa shape index (κ2) is 3.81. The minimum Gasteiger partial charge on any atom is -0.464 e. The van der Waals surface area contributed by atoms with Gasteiger partial charge in [-0.1, -0.05) is 0 Å². The van der Waals surface area contributed by atoms with E-state index in [1.807, 2.05) is 10.9 Å². The zero-order valence-electron chi connectivity index (χ0n) is 9.29. The Kier molecular flexibility index (Phi) is 2.29. The number of carbonyl (C=O) groups excluding carboxylic acids is 1. The van der Waals surface area contributed by atoms with Crippen molar-refractivity contribution >= 4 is 17.0 Å². The Labute approximate surface area is 97.1 Å². The van der Waals surface area contributed by atoms with Gasteiger partial charge in [0, 0.05) is 0 Å². The highest BCUT2D eigenvalue weighted by Gasteiger charge is 2.22. The molecule has 0 saturated carbocycles. The van der Waals surface area contributed by atoms with Crippen molar-refractivity contribution in [2.24, 2.45) is 0 Å². The Morgan fingerprint density at radius 1 is 1.47 bits per heavy atom. The molecule has 0 aromatic carbocycles. The van der Waals surface area contributed by atoms with E-state index in [4.69, 9.17) is 4.74 Å². The highest BCUT2D eigenvalue weighted by atomic mass is 16.5. The summed E-state index contributed by atoms with van der Waals surface area (Å²) in [4.78, 5) is 15.5. The molecule has 0 N–H and O–H groups in total. The molecule has 2 aromatic heterocycles. The van der Waals surface area contributed by atoms with E-state index in [0.29, 0.717) is 24.4 Å². The summed E-state index contributed by atoms with van der Waals surface area (Å²) < 4.78 is 11.6. The fourth-order valence-electron chi connectivity index (χ4n) is 1.71. The summed E-state index contributed by atoms with van der Waals surface area (Å²) in [6.07, 6.45) is 1.83. The van der Waals surface area contributed by atoms with Gasteiger partial charge in [-0.15, -0.1) is 0 Å². The van der Waals surface area contributed by atoms with Crippen LogP contribution in [0.15, 0.2) is 18.3 Å². The van der Waals surface area contributed by atoms with Gasteiger partial charge in [0.05, 0.1) is 32.6 Å². The van der Waals surface area contributed by atoms with Crippen molar-refractivity contribution < 1.29 is 14.3 Å². The number of rotatable bonds is 2. The van der Waals surface area contributed by atoms with Crippen LogP contribution in [0.4, 0.5) is 0 Å². The molecule has 0 bridgehead atoms. The molecular formula is C11H11N3O3. The molecule has 0 spiro atoms. The molecule has 0 unspecified atom stereocenters. The molecule has 3 heterocycles. The van der Waals surface area contributed by atoms with Gasteiger partial charge in [-0.3, -0.25) is 4.68 Å². The van der Waals surface area contributed by atoms with E-state index in [1.54, 1.807) is 12.1 Å². The fraction of sp³-hybridized carbons (Fsp3) is 0.364. The van der Waals surface area contributed by atoms with E-state index >= 15 is 0 Å². The lowest BCUT2D eigenvalue weighted by Crippen LogP contribution is -2.30. The zero-order valence-corrected chi connectivity index (χ0v) is 9.29. The van der Waals surface area contributed by atoms with Crippen LogP contribution >= 0.6 is 0 Å². The molecule has 0 atom stereocenters. The summed E-state index contributed by atoms with van der Waals surface area (Å²) in [6, 6.07) is 3.67. The third-order valence-corrected chi connectivity index (χ3v) is 2.77. The molecule has 3 rings (SSSR count). The van der Waals surface area contributed by atoms with Gasteiger partial charge < -0.3 is 9.47 Å². The van der Waals surface area contributed by atoms with Crippen LogP contribution in [-0.4, -0.2) is 41.1 Å². The predicted octanol–water partition coefficient (Wildman–Crippen LogP) is 0.789. The molecule has 6 nitrogen and oxygen atoms in total. The summed E-state index contributed by atoms with van der Waals surface area (Å²) in [7, 11) is 1.34. The van der Waals surface area contributed by atoms with Crippen LogP contribution in [0.1, 0.15) is 16.5 Å². The third kappa shape index (κ3) is 1.66. The van der Waals surface area contributed by atoms with Crippen molar-refractivity contribution in [3.05, 3.63) is 24.0 Å². The Hall–Kier alpha value is -1.95. The lowest BCUT2D eigenvalue weighted by Gasteiger charge is -2.25. The second-order valence-electron chi connectivity index (χ2n) is 3.89.